The number of aromatic carboxylic acids is 1. The Morgan fingerprint density at radius 1 is 1.41 bits per heavy atom. The van der Waals surface area contributed by atoms with Gasteiger partial charge in [0.25, 0.3) is 0 Å². The zero-order valence-corrected chi connectivity index (χ0v) is 9.60. The first-order valence-corrected chi connectivity index (χ1v) is 4.94. The summed E-state index contributed by atoms with van der Waals surface area (Å²) in [5, 5.41) is 18.8. The number of amides is 1. The fourth-order valence-electron chi connectivity index (χ4n) is 1.34. The summed E-state index contributed by atoms with van der Waals surface area (Å²) in [5.41, 5.74) is 4.40. The maximum atomic E-state index is 10.8. The molecule has 0 bridgehead atoms. The van der Waals surface area contributed by atoms with Crippen LogP contribution in [0.25, 0.3) is 0 Å². The first-order valence-electron chi connectivity index (χ1n) is 4.94. The minimum absolute atomic E-state index is 0.134. The lowest BCUT2D eigenvalue weighted by molar-refractivity contribution is -0.118. The molecule has 17 heavy (non-hydrogen) atoms. The van der Waals surface area contributed by atoms with E-state index in [2.05, 4.69) is 15.5 Å². The number of rotatable bonds is 5. The predicted molar refractivity (Wildman–Crippen MR) is 60.5 cm³/mol. The van der Waals surface area contributed by atoms with Gasteiger partial charge in [-0.3, -0.25) is 4.79 Å². The van der Waals surface area contributed by atoms with Gasteiger partial charge in [-0.1, -0.05) is 0 Å². The van der Waals surface area contributed by atoms with Gasteiger partial charge in [0.05, 0.1) is 0 Å². The summed E-state index contributed by atoms with van der Waals surface area (Å²) in [4.78, 5) is 21.4. The summed E-state index contributed by atoms with van der Waals surface area (Å²) in [6.45, 7) is 3.56. The second-order valence-corrected chi connectivity index (χ2v) is 4.26. The number of hydrogen-bond donors (Lipinski definition) is 3. The molecular formula is C10H14N4O3. The molecule has 0 aromatic carbocycles. The van der Waals surface area contributed by atoms with Gasteiger partial charge in [-0.25, -0.2) is 4.79 Å². The zero-order valence-electron chi connectivity index (χ0n) is 9.60. The monoisotopic (exact) mass is 238 g/mol. The minimum atomic E-state index is -1.14. The third-order valence-corrected chi connectivity index (χ3v) is 1.97. The Hall–Kier alpha value is -2.18. The number of carbonyl (C=O) groups excluding carboxylic acids is 1. The third kappa shape index (κ3) is 4.06. The molecule has 0 saturated heterocycles. The van der Waals surface area contributed by atoms with Crippen LogP contribution >= 0.6 is 0 Å². The molecule has 1 heterocycles. The number of carboxylic acid groups (broad SMARTS) is 1. The summed E-state index contributed by atoms with van der Waals surface area (Å²) in [5.74, 6) is -1.18. The van der Waals surface area contributed by atoms with Crippen LogP contribution in [0.4, 0.5) is 5.82 Å². The molecule has 0 aliphatic heterocycles. The van der Waals surface area contributed by atoms with E-state index >= 15 is 0 Å². The third-order valence-electron chi connectivity index (χ3n) is 1.97. The van der Waals surface area contributed by atoms with Crippen LogP contribution in [0.3, 0.4) is 0 Å². The van der Waals surface area contributed by atoms with Crippen molar-refractivity contribution in [2.24, 2.45) is 5.73 Å². The standard InChI is InChI=1S/C10H14N4O3/c1-10(2,5-7(11)15)12-8-4-3-6(9(16)17)13-14-8/h3-4H,5H2,1-2H3,(H2,11,15)(H,12,14)(H,16,17). The van der Waals surface area contributed by atoms with Crippen molar-refractivity contribution in [3.63, 3.8) is 0 Å². The van der Waals surface area contributed by atoms with Gasteiger partial charge in [0, 0.05) is 12.0 Å². The highest BCUT2D eigenvalue weighted by molar-refractivity contribution is 5.85. The van der Waals surface area contributed by atoms with Crippen LogP contribution in [0.5, 0.6) is 0 Å². The molecule has 0 unspecified atom stereocenters. The van der Waals surface area contributed by atoms with Crippen molar-refractivity contribution in [1.29, 1.82) is 0 Å². The molecule has 0 aliphatic rings. The lowest BCUT2D eigenvalue weighted by atomic mass is 10.0. The fraction of sp³-hybridized carbons (Fsp3) is 0.400. The molecule has 0 saturated carbocycles. The van der Waals surface area contributed by atoms with Crippen molar-refractivity contribution < 1.29 is 14.7 Å². The van der Waals surface area contributed by atoms with Crippen LogP contribution in [-0.4, -0.2) is 32.7 Å². The number of nitrogens with zero attached hydrogens (tertiary/aromatic N) is 2. The Bertz CT molecular complexity index is 428. The second kappa shape index (κ2) is 4.77. The van der Waals surface area contributed by atoms with Crippen LogP contribution in [0.1, 0.15) is 30.8 Å². The van der Waals surface area contributed by atoms with Gasteiger partial charge in [-0.2, -0.15) is 0 Å². The number of anilines is 1. The topological polar surface area (TPSA) is 118 Å². The number of primary amides is 1. The van der Waals surface area contributed by atoms with E-state index in [1.807, 2.05) is 0 Å². The van der Waals surface area contributed by atoms with Crippen LogP contribution < -0.4 is 11.1 Å². The lowest BCUT2D eigenvalue weighted by Gasteiger charge is -2.24. The SMILES string of the molecule is CC(C)(CC(N)=O)Nc1ccc(C(=O)O)nn1. The van der Waals surface area contributed by atoms with Crippen LogP contribution in [0.2, 0.25) is 0 Å². The first kappa shape index (κ1) is 12.9. The number of nitrogens with one attached hydrogen (secondary N) is 1. The van der Waals surface area contributed by atoms with E-state index in [0.29, 0.717) is 5.82 Å². The van der Waals surface area contributed by atoms with Crippen molar-refractivity contribution in [2.45, 2.75) is 25.8 Å². The summed E-state index contributed by atoms with van der Waals surface area (Å²) < 4.78 is 0. The smallest absolute Gasteiger partial charge is 0.356 e. The maximum absolute atomic E-state index is 10.8. The first-order chi connectivity index (χ1) is 7.80. The summed E-state index contributed by atoms with van der Waals surface area (Å²) in [6.07, 6.45) is 0.134. The minimum Gasteiger partial charge on any atom is -0.476 e. The maximum Gasteiger partial charge on any atom is 0.356 e. The number of carboxylic acids is 1. The molecule has 4 N–H and O–H groups in total. The van der Waals surface area contributed by atoms with E-state index in [0.717, 1.165) is 0 Å². The van der Waals surface area contributed by atoms with Gasteiger partial charge >= 0.3 is 5.97 Å². The van der Waals surface area contributed by atoms with E-state index in [4.69, 9.17) is 10.8 Å². The molecule has 7 nitrogen and oxygen atoms in total. The summed E-state index contributed by atoms with van der Waals surface area (Å²) >= 11 is 0. The highest BCUT2D eigenvalue weighted by Crippen LogP contribution is 2.15. The largest absolute Gasteiger partial charge is 0.476 e. The molecule has 0 aliphatic carbocycles. The quantitative estimate of drug-likeness (QED) is 0.676. The molecule has 1 aromatic heterocycles. The van der Waals surface area contributed by atoms with Gasteiger partial charge in [-0.15, -0.1) is 10.2 Å². The molecule has 0 fully saturated rings. The van der Waals surface area contributed by atoms with E-state index in [1.165, 1.54) is 12.1 Å². The Kier molecular flexibility index (Phi) is 3.62. The molecule has 1 aromatic rings. The Morgan fingerprint density at radius 2 is 2.06 bits per heavy atom. The van der Waals surface area contributed by atoms with E-state index < -0.39 is 17.4 Å². The Balaban J connectivity index is 2.75. The van der Waals surface area contributed by atoms with E-state index in [1.54, 1.807) is 13.8 Å². The molecule has 1 rings (SSSR count). The van der Waals surface area contributed by atoms with Crippen molar-refractivity contribution in [2.75, 3.05) is 5.32 Å². The van der Waals surface area contributed by atoms with Crippen molar-refractivity contribution >= 4 is 17.7 Å². The number of nitrogens with two attached hydrogens (primary N) is 1. The van der Waals surface area contributed by atoms with Gasteiger partial charge in [0.2, 0.25) is 5.91 Å². The van der Waals surface area contributed by atoms with Crippen LogP contribution in [0, 0.1) is 0 Å². The highest BCUT2D eigenvalue weighted by atomic mass is 16.4. The molecular weight excluding hydrogens is 224 g/mol. The Labute approximate surface area is 98.0 Å². The molecule has 0 radical (unpaired) electrons. The van der Waals surface area contributed by atoms with Crippen molar-refractivity contribution in [3.05, 3.63) is 17.8 Å². The molecule has 1 amide bonds. The van der Waals surface area contributed by atoms with E-state index in [-0.39, 0.29) is 12.1 Å². The van der Waals surface area contributed by atoms with E-state index in [9.17, 15) is 9.59 Å². The van der Waals surface area contributed by atoms with Gasteiger partial charge in [0.1, 0.15) is 5.82 Å². The second-order valence-electron chi connectivity index (χ2n) is 4.26. The zero-order chi connectivity index (χ0) is 13.1. The lowest BCUT2D eigenvalue weighted by Crippen LogP contribution is -2.36. The van der Waals surface area contributed by atoms with Gasteiger partial charge < -0.3 is 16.2 Å². The van der Waals surface area contributed by atoms with Crippen LogP contribution in [0.15, 0.2) is 12.1 Å². The number of carbonyl (C=O) groups is 2. The molecule has 7 heteroatoms. The van der Waals surface area contributed by atoms with Gasteiger partial charge in [-0.05, 0) is 26.0 Å². The highest BCUT2D eigenvalue weighted by Gasteiger charge is 2.21. The average Bonchev–Trinajstić information content (AvgIpc) is 2.15. The van der Waals surface area contributed by atoms with Gasteiger partial charge in [0.15, 0.2) is 5.69 Å². The van der Waals surface area contributed by atoms with Crippen molar-refractivity contribution in [1.82, 2.24) is 10.2 Å². The normalized spacial score (nSPS) is 10.9. The summed E-state index contributed by atoms with van der Waals surface area (Å²) in [7, 11) is 0. The Morgan fingerprint density at radius 3 is 2.47 bits per heavy atom. The number of aromatic nitrogens is 2. The summed E-state index contributed by atoms with van der Waals surface area (Å²) in [6, 6.07) is 2.82. The fourth-order valence-corrected chi connectivity index (χ4v) is 1.34. The average molecular weight is 238 g/mol. The molecule has 0 spiro atoms. The van der Waals surface area contributed by atoms with Crippen LogP contribution in [-0.2, 0) is 4.79 Å². The molecule has 0 atom stereocenters. The molecule has 92 valence electrons. The predicted octanol–water partition coefficient (Wildman–Crippen LogP) is 0.241. The van der Waals surface area contributed by atoms with Crippen molar-refractivity contribution in [3.8, 4) is 0 Å². The number of hydrogen-bond acceptors (Lipinski definition) is 5.